The SMILES string of the molecule is C[C@H]1[C@H](C)CC[C@]2(C(=O)OCCNC(=O)OC(C)(C)C)CC[C@]3(C)C(=CC[C@@H]4[C@@]5(C)CC[C@H](O)C(C)(C)[C@@H]5CC[C@]43C)[C@H]12. The lowest BCUT2D eigenvalue weighted by Gasteiger charge is -2.71. The first-order valence-electron chi connectivity index (χ1n) is 17.4. The molecule has 10 atom stereocenters. The Balaban J connectivity index is 1.41. The third kappa shape index (κ3) is 4.99. The maximum Gasteiger partial charge on any atom is 0.407 e. The zero-order chi connectivity index (χ0) is 31.8. The molecule has 244 valence electrons. The van der Waals surface area contributed by atoms with E-state index in [4.69, 9.17) is 9.47 Å². The monoisotopic (exact) mass is 599 g/mol. The number of nitrogens with one attached hydrogen (secondary N) is 1. The van der Waals surface area contributed by atoms with Gasteiger partial charge in [0.2, 0.25) is 0 Å². The first-order chi connectivity index (χ1) is 19.8. The fraction of sp³-hybridized carbons (Fsp3) is 0.892. The van der Waals surface area contributed by atoms with Crippen LogP contribution in [0.4, 0.5) is 4.79 Å². The number of esters is 1. The lowest BCUT2D eigenvalue weighted by atomic mass is 9.33. The minimum absolute atomic E-state index is 0.0438. The summed E-state index contributed by atoms with van der Waals surface area (Å²) in [5, 5.41) is 13.8. The quantitative estimate of drug-likeness (QED) is 0.194. The van der Waals surface area contributed by atoms with Crippen LogP contribution in [-0.4, -0.2) is 42.0 Å². The number of ether oxygens (including phenoxy) is 2. The van der Waals surface area contributed by atoms with Crippen LogP contribution in [0.2, 0.25) is 0 Å². The molecular weight excluding hydrogens is 538 g/mol. The van der Waals surface area contributed by atoms with Gasteiger partial charge in [-0.25, -0.2) is 4.79 Å². The Morgan fingerprint density at radius 2 is 1.65 bits per heavy atom. The van der Waals surface area contributed by atoms with Gasteiger partial charge in [0.25, 0.3) is 0 Å². The molecule has 4 saturated carbocycles. The van der Waals surface area contributed by atoms with Crippen molar-refractivity contribution in [2.24, 2.45) is 56.7 Å². The van der Waals surface area contributed by atoms with Gasteiger partial charge in [0.05, 0.1) is 18.1 Å². The van der Waals surface area contributed by atoms with E-state index >= 15 is 0 Å². The lowest BCUT2D eigenvalue weighted by Crippen LogP contribution is -2.65. The van der Waals surface area contributed by atoms with Crippen molar-refractivity contribution in [1.82, 2.24) is 5.32 Å². The molecule has 0 bridgehead atoms. The molecule has 5 aliphatic rings. The Kier molecular flexibility index (Phi) is 8.22. The number of rotatable bonds is 4. The van der Waals surface area contributed by atoms with Gasteiger partial charge < -0.3 is 19.9 Å². The molecular formula is C37H61NO5. The van der Waals surface area contributed by atoms with Crippen LogP contribution in [0.25, 0.3) is 0 Å². The minimum Gasteiger partial charge on any atom is -0.463 e. The van der Waals surface area contributed by atoms with Crippen molar-refractivity contribution in [2.75, 3.05) is 13.2 Å². The average Bonchev–Trinajstić information content (AvgIpc) is 2.90. The third-order valence-electron chi connectivity index (χ3n) is 14.4. The Morgan fingerprint density at radius 1 is 0.953 bits per heavy atom. The average molecular weight is 600 g/mol. The van der Waals surface area contributed by atoms with Crippen LogP contribution in [0.1, 0.15) is 127 Å². The summed E-state index contributed by atoms with van der Waals surface area (Å²) in [5.41, 5.74) is 0.834. The fourth-order valence-electron chi connectivity index (χ4n) is 11.6. The van der Waals surface area contributed by atoms with Gasteiger partial charge in [-0.05, 0) is 130 Å². The van der Waals surface area contributed by atoms with Gasteiger partial charge in [-0.2, -0.15) is 0 Å². The van der Waals surface area contributed by atoms with E-state index in [9.17, 15) is 14.7 Å². The van der Waals surface area contributed by atoms with Gasteiger partial charge in [-0.3, -0.25) is 4.79 Å². The van der Waals surface area contributed by atoms with Crippen molar-refractivity contribution in [1.29, 1.82) is 0 Å². The molecule has 0 aromatic rings. The van der Waals surface area contributed by atoms with Gasteiger partial charge in [0.15, 0.2) is 0 Å². The van der Waals surface area contributed by atoms with Crippen molar-refractivity contribution in [2.45, 2.75) is 139 Å². The van der Waals surface area contributed by atoms with Gasteiger partial charge in [0, 0.05) is 0 Å². The van der Waals surface area contributed by atoms with Crippen LogP contribution in [0.5, 0.6) is 0 Å². The van der Waals surface area contributed by atoms with Crippen LogP contribution in [-0.2, 0) is 14.3 Å². The van der Waals surface area contributed by atoms with E-state index in [-0.39, 0.29) is 52.8 Å². The highest BCUT2D eigenvalue weighted by Gasteiger charge is 2.69. The molecule has 0 saturated heterocycles. The predicted molar refractivity (Wildman–Crippen MR) is 170 cm³/mol. The number of carbonyl (C=O) groups is 2. The number of carbonyl (C=O) groups excluding carboxylic acids is 2. The molecule has 0 heterocycles. The van der Waals surface area contributed by atoms with E-state index in [0.29, 0.717) is 23.7 Å². The second kappa shape index (κ2) is 10.8. The van der Waals surface area contributed by atoms with Crippen molar-refractivity contribution >= 4 is 12.1 Å². The number of hydrogen-bond acceptors (Lipinski definition) is 5. The molecule has 1 amide bonds. The molecule has 4 fully saturated rings. The van der Waals surface area contributed by atoms with E-state index in [1.165, 1.54) is 18.4 Å². The van der Waals surface area contributed by atoms with Gasteiger partial charge in [-0.15, -0.1) is 0 Å². The minimum atomic E-state index is -0.564. The van der Waals surface area contributed by atoms with Crippen LogP contribution < -0.4 is 5.32 Å². The Labute approximate surface area is 261 Å². The van der Waals surface area contributed by atoms with Crippen LogP contribution >= 0.6 is 0 Å². The molecule has 2 N–H and O–H groups in total. The first-order valence-corrected chi connectivity index (χ1v) is 17.4. The van der Waals surface area contributed by atoms with E-state index in [2.05, 4.69) is 59.9 Å². The van der Waals surface area contributed by atoms with E-state index in [1.807, 2.05) is 20.8 Å². The van der Waals surface area contributed by atoms with Gasteiger partial charge in [-0.1, -0.05) is 60.1 Å². The predicted octanol–water partition coefficient (Wildman–Crippen LogP) is 8.07. The zero-order valence-corrected chi connectivity index (χ0v) is 28.9. The van der Waals surface area contributed by atoms with Crippen LogP contribution in [0.3, 0.4) is 0 Å². The summed E-state index contributed by atoms with van der Waals surface area (Å²) in [6, 6.07) is 0. The second-order valence-electron chi connectivity index (χ2n) is 17.7. The second-order valence-corrected chi connectivity index (χ2v) is 17.7. The molecule has 5 aliphatic carbocycles. The van der Waals surface area contributed by atoms with E-state index < -0.39 is 17.1 Å². The molecule has 6 heteroatoms. The van der Waals surface area contributed by atoms with Crippen LogP contribution in [0.15, 0.2) is 11.6 Å². The van der Waals surface area contributed by atoms with Crippen molar-refractivity contribution in [3.63, 3.8) is 0 Å². The highest BCUT2D eigenvalue weighted by molar-refractivity contribution is 5.79. The molecule has 0 radical (unpaired) electrons. The number of amides is 1. The molecule has 6 nitrogen and oxygen atoms in total. The first kappa shape index (κ1) is 32.8. The summed E-state index contributed by atoms with van der Waals surface area (Å²) in [4.78, 5) is 26.3. The van der Waals surface area contributed by atoms with E-state index in [0.717, 1.165) is 44.9 Å². The summed E-state index contributed by atoms with van der Waals surface area (Å²) >= 11 is 0. The van der Waals surface area contributed by atoms with Gasteiger partial charge in [0.1, 0.15) is 12.2 Å². The standard InChI is InChI=1S/C37H61NO5/c1-23-13-18-37(30(40)42-22-21-38-31(41)43-32(3,4)5)20-19-35(9)25(29(37)24(23)2)11-12-27-34(8)16-15-28(39)33(6,7)26(34)14-17-36(27,35)10/h11,23-24,26-29,39H,12-22H2,1-10H3,(H,38,41)/t23-,24+,26+,27-,28+,29+,34+,35-,36-,37+/m1/s1. The highest BCUT2D eigenvalue weighted by atomic mass is 16.6. The molecule has 0 aliphatic heterocycles. The van der Waals surface area contributed by atoms with Crippen LogP contribution in [0, 0.1) is 56.7 Å². The maximum absolute atomic E-state index is 14.1. The summed E-state index contributed by atoms with van der Waals surface area (Å²) in [6.07, 6.45) is 11.1. The fourth-order valence-corrected chi connectivity index (χ4v) is 11.6. The third-order valence-corrected chi connectivity index (χ3v) is 14.4. The van der Waals surface area contributed by atoms with Gasteiger partial charge >= 0.3 is 12.1 Å². The van der Waals surface area contributed by atoms with E-state index in [1.54, 1.807) is 0 Å². The summed E-state index contributed by atoms with van der Waals surface area (Å²) in [6.45, 7) is 23.0. The normalized spacial score (nSPS) is 45.3. The Bertz CT molecular complexity index is 1140. The number of aliphatic hydroxyl groups is 1. The highest BCUT2D eigenvalue weighted by Crippen LogP contribution is 2.75. The Hall–Kier alpha value is -1.56. The zero-order valence-electron chi connectivity index (χ0n) is 28.9. The number of hydrogen-bond donors (Lipinski definition) is 2. The molecule has 0 spiro atoms. The van der Waals surface area contributed by atoms with Crippen molar-refractivity contribution < 1.29 is 24.2 Å². The molecule has 0 aromatic carbocycles. The lowest BCUT2D eigenvalue weighted by molar-refractivity contribution is -0.207. The Morgan fingerprint density at radius 3 is 2.33 bits per heavy atom. The number of aliphatic hydroxyl groups excluding tert-OH is 1. The number of fused-ring (bicyclic) bond motifs is 7. The molecule has 0 aromatic heterocycles. The number of allylic oxidation sites excluding steroid dienone is 2. The van der Waals surface area contributed by atoms with Crippen molar-refractivity contribution in [3.05, 3.63) is 11.6 Å². The maximum atomic E-state index is 14.1. The summed E-state index contributed by atoms with van der Waals surface area (Å²) in [5.74, 6) is 2.19. The number of alkyl carbamates (subject to hydrolysis) is 1. The largest absolute Gasteiger partial charge is 0.463 e. The summed E-state index contributed by atoms with van der Waals surface area (Å²) in [7, 11) is 0. The van der Waals surface area contributed by atoms with Crippen molar-refractivity contribution in [3.8, 4) is 0 Å². The smallest absolute Gasteiger partial charge is 0.407 e. The molecule has 0 unspecified atom stereocenters. The molecule has 5 rings (SSSR count). The summed E-state index contributed by atoms with van der Waals surface area (Å²) < 4.78 is 11.4. The molecule has 43 heavy (non-hydrogen) atoms. The topological polar surface area (TPSA) is 84.9 Å².